The summed E-state index contributed by atoms with van der Waals surface area (Å²) in [6.07, 6.45) is 2.01. The molecular formula is C28H30N2O5S. The van der Waals surface area contributed by atoms with Crippen LogP contribution in [0.4, 0.5) is 0 Å². The molecule has 0 aromatic heterocycles. The number of fused-ring (bicyclic) bond motifs is 1. The van der Waals surface area contributed by atoms with E-state index in [1.165, 1.54) is 14.2 Å². The average molecular weight is 507 g/mol. The van der Waals surface area contributed by atoms with E-state index in [-0.39, 0.29) is 18.4 Å². The molecule has 188 valence electrons. The molecule has 1 heterocycles. The molecule has 0 radical (unpaired) electrons. The van der Waals surface area contributed by atoms with Gasteiger partial charge in [-0.25, -0.2) is 0 Å². The number of hydrogen-bond acceptors (Lipinski definition) is 6. The number of methoxy groups -OCH3 is 3. The molecule has 0 saturated carbocycles. The lowest BCUT2D eigenvalue weighted by Gasteiger charge is -2.40. The summed E-state index contributed by atoms with van der Waals surface area (Å²) in [7, 11) is 6.40. The number of nitrogens with zero attached hydrogens (tertiary/aromatic N) is 1. The summed E-state index contributed by atoms with van der Waals surface area (Å²) in [5.74, 6) is 0.551. The van der Waals surface area contributed by atoms with Crippen LogP contribution in [0.5, 0.6) is 17.2 Å². The van der Waals surface area contributed by atoms with Crippen LogP contribution in [0.2, 0.25) is 0 Å². The lowest BCUT2D eigenvalue weighted by molar-refractivity contribution is -0.124. The molecule has 1 aliphatic heterocycles. The lowest BCUT2D eigenvalue weighted by Crippen LogP contribution is -2.45. The zero-order valence-electron chi connectivity index (χ0n) is 21.0. The van der Waals surface area contributed by atoms with Crippen molar-refractivity contribution >= 4 is 23.6 Å². The van der Waals surface area contributed by atoms with Gasteiger partial charge >= 0.3 is 0 Å². The minimum Gasteiger partial charge on any atom is -0.496 e. The van der Waals surface area contributed by atoms with Crippen molar-refractivity contribution in [3.63, 3.8) is 0 Å². The van der Waals surface area contributed by atoms with Gasteiger partial charge in [-0.2, -0.15) is 0 Å². The fourth-order valence-electron chi connectivity index (χ4n) is 4.69. The molecule has 2 atom stereocenters. The SMILES string of the molecule is COc1ccccc1CNC(=O)[C@@H]1c2cc(OC)c(OC)cc2C(=O)N(C)[C@@H]1c1ccc(SC)cc1. The fraction of sp³-hybridized carbons (Fsp3) is 0.286. The molecule has 0 aliphatic carbocycles. The fourth-order valence-corrected chi connectivity index (χ4v) is 5.10. The highest BCUT2D eigenvalue weighted by molar-refractivity contribution is 7.98. The third-order valence-electron chi connectivity index (χ3n) is 6.56. The van der Waals surface area contributed by atoms with E-state index in [0.29, 0.717) is 28.4 Å². The first-order chi connectivity index (χ1) is 17.4. The molecule has 0 spiro atoms. The van der Waals surface area contributed by atoms with Crippen LogP contribution in [-0.4, -0.2) is 51.3 Å². The summed E-state index contributed by atoms with van der Waals surface area (Å²) >= 11 is 1.64. The van der Waals surface area contributed by atoms with Gasteiger partial charge < -0.3 is 24.4 Å². The number of para-hydroxylation sites is 1. The Balaban J connectivity index is 1.80. The van der Waals surface area contributed by atoms with E-state index in [2.05, 4.69) is 5.32 Å². The molecule has 1 N–H and O–H groups in total. The van der Waals surface area contributed by atoms with Gasteiger partial charge in [-0.3, -0.25) is 9.59 Å². The van der Waals surface area contributed by atoms with Gasteiger partial charge in [0.25, 0.3) is 5.91 Å². The van der Waals surface area contributed by atoms with Gasteiger partial charge in [0.1, 0.15) is 5.75 Å². The molecule has 36 heavy (non-hydrogen) atoms. The summed E-state index contributed by atoms with van der Waals surface area (Å²) < 4.78 is 16.4. The number of thioether (sulfide) groups is 1. The van der Waals surface area contributed by atoms with Gasteiger partial charge in [-0.15, -0.1) is 11.8 Å². The van der Waals surface area contributed by atoms with Crippen molar-refractivity contribution in [2.24, 2.45) is 0 Å². The molecule has 7 nitrogen and oxygen atoms in total. The first kappa shape index (κ1) is 25.4. The summed E-state index contributed by atoms with van der Waals surface area (Å²) in [6.45, 7) is 0.289. The second-order valence-electron chi connectivity index (χ2n) is 8.44. The minimum absolute atomic E-state index is 0.182. The number of carbonyl (C=O) groups excluding carboxylic acids is 2. The molecule has 3 aromatic carbocycles. The van der Waals surface area contributed by atoms with Crippen molar-refractivity contribution in [1.29, 1.82) is 0 Å². The van der Waals surface area contributed by atoms with Crippen molar-refractivity contribution in [2.45, 2.75) is 23.4 Å². The Morgan fingerprint density at radius 3 is 2.22 bits per heavy atom. The molecule has 0 bridgehead atoms. The monoisotopic (exact) mass is 506 g/mol. The van der Waals surface area contributed by atoms with E-state index >= 15 is 0 Å². The highest BCUT2D eigenvalue weighted by Gasteiger charge is 2.43. The van der Waals surface area contributed by atoms with Crippen LogP contribution in [-0.2, 0) is 11.3 Å². The van der Waals surface area contributed by atoms with Crippen molar-refractivity contribution in [3.8, 4) is 17.2 Å². The Kier molecular flexibility index (Phi) is 7.74. The van der Waals surface area contributed by atoms with Crippen LogP contribution >= 0.6 is 11.8 Å². The number of nitrogens with one attached hydrogen (secondary N) is 1. The number of hydrogen-bond donors (Lipinski definition) is 1. The number of benzene rings is 3. The van der Waals surface area contributed by atoms with Gasteiger partial charge in [0.2, 0.25) is 5.91 Å². The van der Waals surface area contributed by atoms with Gasteiger partial charge in [-0.1, -0.05) is 30.3 Å². The van der Waals surface area contributed by atoms with Crippen LogP contribution in [0.3, 0.4) is 0 Å². The molecule has 3 aromatic rings. The standard InChI is InChI=1S/C28H30N2O5S/c1-30-26(17-10-12-19(36-5)13-11-17)25(27(31)29-16-18-8-6-7-9-22(18)33-2)20-14-23(34-3)24(35-4)15-21(20)28(30)32/h6-15,25-26H,16H2,1-5H3,(H,29,31)/t25-,26-/m1/s1. The first-order valence-corrected chi connectivity index (χ1v) is 12.7. The van der Waals surface area contributed by atoms with Crippen LogP contribution in [0.1, 0.15) is 39.0 Å². The first-order valence-electron chi connectivity index (χ1n) is 11.5. The third kappa shape index (κ3) is 4.73. The van der Waals surface area contributed by atoms with Gasteiger partial charge in [0, 0.05) is 29.6 Å². The highest BCUT2D eigenvalue weighted by atomic mass is 32.2. The number of rotatable bonds is 8. The smallest absolute Gasteiger partial charge is 0.254 e. The van der Waals surface area contributed by atoms with Gasteiger partial charge in [0.05, 0.1) is 33.3 Å². The zero-order valence-corrected chi connectivity index (χ0v) is 21.8. The number of likely N-dealkylation sites (N-methyl/N-ethyl adjacent to an activating group) is 1. The highest BCUT2D eigenvalue weighted by Crippen LogP contribution is 2.45. The molecule has 8 heteroatoms. The Hall–Kier alpha value is -3.65. The maximum atomic E-state index is 13.9. The largest absolute Gasteiger partial charge is 0.496 e. The van der Waals surface area contributed by atoms with E-state index in [0.717, 1.165) is 16.0 Å². The van der Waals surface area contributed by atoms with E-state index in [1.807, 2.05) is 54.8 Å². The molecular weight excluding hydrogens is 476 g/mol. The van der Waals surface area contributed by atoms with Crippen LogP contribution in [0.15, 0.2) is 65.6 Å². The zero-order chi connectivity index (χ0) is 25.8. The second kappa shape index (κ2) is 11.0. The van der Waals surface area contributed by atoms with Crippen molar-refractivity contribution in [1.82, 2.24) is 10.2 Å². The average Bonchev–Trinajstić information content (AvgIpc) is 2.92. The Labute approximate surface area is 215 Å². The minimum atomic E-state index is -0.669. The summed E-state index contributed by atoms with van der Waals surface area (Å²) in [5, 5.41) is 3.07. The normalized spacial score (nSPS) is 16.8. The molecule has 0 fully saturated rings. The second-order valence-corrected chi connectivity index (χ2v) is 9.32. The maximum absolute atomic E-state index is 13.9. The van der Waals surface area contributed by atoms with E-state index < -0.39 is 12.0 Å². The Bertz CT molecular complexity index is 1260. The predicted molar refractivity (Wildman–Crippen MR) is 140 cm³/mol. The summed E-state index contributed by atoms with van der Waals surface area (Å²) in [4.78, 5) is 30.1. The van der Waals surface area contributed by atoms with Crippen molar-refractivity contribution < 1.29 is 23.8 Å². The number of ether oxygens (including phenoxy) is 3. The third-order valence-corrected chi connectivity index (χ3v) is 7.30. The maximum Gasteiger partial charge on any atom is 0.254 e. The predicted octanol–water partition coefficient (Wildman–Crippen LogP) is 4.66. The van der Waals surface area contributed by atoms with E-state index in [4.69, 9.17) is 14.2 Å². The summed E-state index contributed by atoms with van der Waals surface area (Å²) in [6, 6.07) is 18.4. The van der Waals surface area contributed by atoms with Crippen LogP contribution < -0.4 is 19.5 Å². The van der Waals surface area contributed by atoms with Crippen molar-refractivity contribution in [3.05, 3.63) is 82.9 Å². The molecule has 2 amide bonds. The van der Waals surface area contributed by atoms with E-state index in [9.17, 15) is 9.59 Å². The van der Waals surface area contributed by atoms with Crippen LogP contribution in [0.25, 0.3) is 0 Å². The van der Waals surface area contributed by atoms with Gasteiger partial charge in [0.15, 0.2) is 11.5 Å². The molecule has 4 rings (SSSR count). The van der Waals surface area contributed by atoms with Crippen LogP contribution in [0, 0.1) is 0 Å². The topological polar surface area (TPSA) is 77.1 Å². The summed E-state index contributed by atoms with van der Waals surface area (Å²) in [5.41, 5.74) is 2.76. The van der Waals surface area contributed by atoms with E-state index in [1.54, 1.807) is 43.0 Å². The number of amides is 2. The Morgan fingerprint density at radius 2 is 1.58 bits per heavy atom. The quantitative estimate of drug-likeness (QED) is 0.448. The molecule has 0 saturated heterocycles. The molecule has 1 aliphatic rings. The Morgan fingerprint density at radius 1 is 0.944 bits per heavy atom. The lowest BCUT2D eigenvalue weighted by atomic mass is 9.79. The van der Waals surface area contributed by atoms with Crippen molar-refractivity contribution in [2.75, 3.05) is 34.6 Å². The van der Waals surface area contributed by atoms with Gasteiger partial charge in [-0.05, 0) is 47.7 Å². The number of carbonyl (C=O) groups is 2. The molecule has 0 unspecified atom stereocenters.